The van der Waals surface area contributed by atoms with Crippen molar-refractivity contribution in [3.63, 3.8) is 0 Å². The number of aromatic nitrogens is 2. The molecule has 6 N–H and O–H groups in total. The van der Waals surface area contributed by atoms with Gasteiger partial charge < -0.3 is 25.3 Å². The Hall–Kier alpha value is -5.77. The zero-order valence-electron chi connectivity index (χ0n) is 34.0. The fourth-order valence-corrected chi connectivity index (χ4v) is 7.16. The van der Waals surface area contributed by atoms with E-state index in [9.17, 15) is 29.6 Å². The maximum atomic E-state index is 13.4. The van der Waals surface area contributed by atoms with E-state index in [-0.39, 0.29) is 33.4 Å². The van der Waals surface area contributed by atoms with Gasteiger partial charge in [0.25, 0.3) is 20.2 Å². The molecular weight excluding hydrogens is 899 g/mol. The number of rotatable bonds is 13. The van der Waals surface area contributed by atoms with Gasteiger partial charge in [0.15, 0.2) is 0 Å². The van der Waals surface area contributed by atoms with Crippen LogP contribution in [-0.2, 0) is 43.2 Å². The van der Waals surface area contributed by atoms with Crippen LogP contribution in [0.25, 0.3) is 22.2 Å². The Kier molecular flexibility index (Phi) is 17.4. The predicted molar refractivity (Wildman–Crippen MR) is 240 cm³/mol. The van der Waals surface area contributed by atoms with Crippen molar-refractivity contribution in [3.8, 4) is 17.1 Å². The number of fused-ring (bicyclic) bond motifs is 1. The second-order valence-corrected chi connectivity index (χ2v) is 19.3. The number of hydrogen-bond acceptors (Lipinski definition) is 12. The van der Waals surface area contributed by atoms with Crippen LogP contribution < -0.4 is 15.4 Å². The summed E-state index contributed by atoms with van der Waals surface area (Å²) in [6.45, 7) is 4.64. The maximum absolute atomic E-state index is 13.4. The monoisotopic (exact) mass is 942 g/mol. The lowest BCUT2D eigenvalue weighted by molar-refractivity contribution is 0.306. The van der Waals surface area contributed by atoms with Crippen molar-refractivity contribution in [2.45, 2.75) is 36.8 Å². The average molecular weight is 943 g/mol. The van der Waals surface area contributed by atoms with Crippen LogP contribution in [0.4, 0.5) is 15.9 Å². The largest absolute Gasteiger partial charge is 0.487 e. The normalized spacial score (nSPS) is 11.3. The Morgan fingerprint density at radius 1 is 0.762 bits per heavy atom. The van der Waals surface area contributed by atoms with Gasteiger partial charge in [-0.3, -0.25) is 9.11 Å². The first-order chi connectivity index (χ1) is 29.2. The highest BCUT2D eigenvalue weighted by molar-refractivity contribution is 7.90. The standard InChI is InChI=1S/C29H26ClFN4O4S.2C7H8O3S.H2O/c1-40(36,37)12-11-32-16-23-7-10-27(39-23)20-5-8-26-24(14-20)29(34-18-33-26)35-22-6-9-28(25(30)15-22)38-17-19-3-2-4-21(31)13-19;2*1-6-2-4-7(5-3-6)11(8,9)10;/h2-10,13-15,18,32H,11-12,16-17H2,1H3,(H,33,34,35);2*2-5H,1H3,(H,8,9,10);1H2. The lowest BCUT2D eigenvalue weighted by Gasteiger charge is -2.12. The van der Waals surface area contributed by atoms with Gasteiger partial charge in [-0.15, -0.1) is 0 Å². The van der Waals surface area contributed by atoms with Crippen LogP contribution in [0.2, 0.25) is 5.02 Å². The summed E-state index contributed by atoms with van der Waals surface area (Å²) in [6, 6.07) is 33.0. The summed E-state index contributed by atoms with van der Waals surface area (Å²) in [4.78, 5) is 8.66. The van der Waals surface area contributed by atoms with Crippen molar-refractivity contribution < 1.29 is 53.4 Å². The molecule has 0 amide bonds. The van der Waals surface area contributed by atoms with Crippen LogP contribution in [0.5, 0.6) is 5.75 Å². The number of nitrogens with zero attached hydrogens (tertiary/aromatic N) is 2. The second kappa shape index (κ2) is 22.0. The van der Waals surface area contributed by atoms with Crippen LogP contribution in [0, 0.1) is 19.7 Å². The van der Waals surface area contributed by atoms with Crippen molar-refractivity contribution in [1.82, 2.24) is 15.3 Å². The molecule has 0 fully saturated rings. The van der Waals surface area contributed by atoms with Gasteiger partial charge in [-0.2, -0.15) is 16.8 Å². The predicted octanol–water partition coefficient (Wildman–Crippen LogP) is 7.80. The van der Waals surface area contributed by atoms with Crippen LogP contribution in [0.3, 0.4) is 0 Å². The lowest BCUT2D eigenvalue weighted by Crippen LogP contribution is -2.21. The highest BCUT2D eigenvalue weighted by atomic mass is 35.5. The summed E-state index contributed by atoms with van der Waals surface area (Å²) in [6.07, 6.45) is 2.69. The second-order valence-electron chi connectivity index (χ2n) is 13.8. The number of sulfone groups is 1. The van der Waals surface area contributed by atoms with Gasteiger partial charge in [0, 0.05) is 29.4 Å². The number of furan rings is 1. The molecule has 0 aliphatic rings. The molecular formula is C43H44ClFN4O11S3. The number of benzene rings is 5. The quantitative estimate of drug-likeness (QED) is 0.0637. The van der Waals surface area contributed by atoms with Gasteiger partial charge in [-0.05, 0) is 104 Å². The van der Waals surface area contributed by atoms with E-state index in [2.05, 4.69) is 20.6 Å². The molecule has 0 saturated heterocycles. The number of halogens is 2. The minimum atomic E-state index is -4.02. The Morgan fingerprint density at radius 3 is 1.97 bits per heavy atom. The van der Waals surface area contributed by atoms with E-state index in [0.29, 0.717) is 52.5 Å². The Balaban J connectivity index is 0.000000308. The van der Waals surface area contributed by atoms with Gasteiger partial charge in [-0.25, -0.2) is 22.8 Å². The Labute approximate surface area is 369 Å². The van der Waals surface area contributed by atoms with Gasteiger partial charge >= 0.3 is 0 Å². The molecule has 63 heavy (non-hydrogen) atoms. The smallest absolute Gasteiger partial charge is 0.294 e. The van der Waals surface area contributed by atoms with Crippen LogP contribution in [0.15, 0.2) is 142 Å². The van der Waals surface area contributed by atoms with Crippen LogP contribution in [0.1, 0.15) is 22.5 Å². The lowest BCUT2D eigenvalue weighted by atomic mass is 10.1. The van der Waals surface area contributed by atoms with Gasteiger partial charge in [0.2, 0.25) is 0 Å². The summed E-state index contributed by atoms with van der Waals surface area (Å²) >= 11 is 6.47. The summed E-state index contributed by atoms with van der Waals surface area (Å²) in [5, 5.41) is 7.56. The first-order valence-corrected chi connectivity index (χ1v) is 23.8. The molecule has 0 atom stereocenters. The van der Waals surface area contributed by atoms with Gasteiger partial charge in [0.05, 0.1) is 32.6 Å². The summed E-state index contributed by atoms with van der Waals surface area (Å²) in [7, 11) is -11.1. The van der Waals surface area contributed by atoms with E-state index < -0.39 is 30.1 Å². The van der Waals surface area contributed by atoms with Crippen molar-refractivity contribution in [3.05, 3.63) is 161 Å². The molecule has 5 aromatic carbocycles. The van der Waals surface area contributed by atoms with Crippen molar-refractivity contribution >= 4 is 64.1 Å². The first-order valence-electron chi connectivity index (χ1n) is 18.5. The molecule has 0 unspecified atom stereocenters. The molecule has 2 heterocycles. The van der Waals surface area contributed by atoms with E-state index in [0.717, 1.165) is 27.6 Å². The average Bonchev–Trinajstić information content (AvgIpc) is 3.68. The highest BCUT2D eigenvalue weighted by Gasteiger charge is 2.12. The number of nitrogens with one attached hydrogen (secondary N) is 2. The summed E-state index contributed by atoms with van der Waals surface area (Å²) in [5.41, 5.74) is 4.90. The summed E-state index contributed by atoms with van der Waals surface area (Å²) < 4.78 is 107. The third-order valence-electron chi connectivity index (χ3n) is 8.65. The number of hydrogen-bond donors (Lipinski definition) is 4. The Morgan fingerprint density at radius 2 is 1.40 bits per heavy atom. The highest BCUT2D eigenvalue weighted by Crippen LogP contribution is 2.33. The minimum Gasteiger partial charge on any atom is -0.487 e. The van der Waals surface area contributed by atoms with Gasteiger partial charge in [0.1, 0.15) is 51.7 Å². The maximum Gasteiger partial charge on any atom is 0.294 e. The molecule has 2 aromatic heterocycles. The van der Waals surface area contributed by atoms with Crippen molar-refractivity contribution in [2.75, 3.05) is 23.9 Å². The van der Waals surface area contributed by atoms with E-state index in [1.807, 2.05) is 50.2 Å². The molecule has 0 aliphatic heterocycles. The zero-order chi connectivity index (χ0) is 45.1. The van der Waals surface area contributed by atoms with Crippen LogP contribution >= 0.6 is 11.6 Å². The molecule has 334 valence electrons. The van der Waals surface area contributed by atoms with E-state index >= 15 is 0 Å². The molecule has 0 spiro atoms. The minimum absolute atomic E-state index is 0. The number of ether oxygens (including phenoxy) is 1. The zero-order valence-corrected chi connectivity index (χ0v) is 37.2. The fourth-order valence-electron chi connectivity index (χ4n) is 5.45. The molecule has 7 aromatic rings. The SMILES string of the molecule is CS(=O)(=O)CCNCc1ccc(-c2ccc3ncnc(Nc4ccc(OCc5cccc(F)c5)c(Cl)c4)c3c2)o1.Cc1ccc(S(=O)(=O)O)cc1.Cc1ccc(S(=O)(=O)O)cc1.O. The number of anilines is 2. The van der Waals surface area contributed by atoms with Crippen LogP contribution in [-0.4, -0.2) is 68.4 Å². The van der Waals surface area contributed by atoms with Crippen molar-refractivity contribution in [1.29, 1.82) is 0 Å². The fraction of sp³-hybridized carbons (Fsp3) is 0.163. The van der Waals surface area contributed by atoms with E-state index in [1.54, 1.807) is 48.5 Å². The van der Waals surface area contributed by atoms with Crippen molar-refractivity contribution in [2.24, 2.45) is 0 Å². The molecule has 0 aliphatic carbocycles. The Bertz CT molecular complexity index is 2900. The van der Waals surface area contributed by atoms with Gasteiger partial charge in [-0.1, -0.05) is 59.1 Å². The molecule has 0 saturated carbocycles. The molecule has 15 nitrogen and oxygen atoms in total. The number of aryl methyl sites for hydroxylation is 2. The first kappa shape index (κ1) is 49.9. The van der Waals surface area contributed by atoms with E-state index in [4.69, 9.17) is 29.9 Å². The molecule has 20 heteroatoms. The molecule has 0 bridgehead atoms. The summed E-state index contributed by atoms with van der Waals surface area (Å²) in [5.74, 6) is 2.17. The third-order valence-corrected chi connectivity index (χ3v) is 11.6. The third kappa shape index (κ3) is 15.8. The topological polar surface area (TPSA) is 247 Å². The van der Waals surface area contributed by atoms with E-state index in [1.165, 1.54) is 49.0 Å². The molecule has 7 rings (SSSR count). The molecule has 0 radical (unpaired) electrons.